The van der Waals surface area contributed by atoms with Crippen LogP contribution in [0.3, 0.4) is 0 Å². The Bertz CT molecular complexity index is 1910. The van der Waals surface area contributed by atoms with E-state index in [2.05, 4.69) is 6.20 Å². The van der Waals surface area contributed by atoms with E-state index in [9.17, 15) is 9.90 Å². The molecule has 1 fully saturated rings. The van der Waals surface area contributed by atoms with Crippen molar-refractivity contribution in [1.29, 1.82) is 0 Å². The summed E-state index contributed by atoms with van der Waals surface area (Å²) < 4.78 is 23.5. The SMILES string of the molecule is COc1cc2c(cc1OCCCOc1cc3c(cc1OC)C(O)N1C=C(C4CC4)C[C@H]1C=N3)N=C[C@@H]1CC(c3ccc(N)cc3)=CN1C2=O. The molecule has 49 heavy (non-hydrogen) atoms. The van der Waals surface area contributed by atoms with Crippen LogP contribution in [0.25, 0.3) is 5.57 Å². The van der Waals surface area contributed by atoms with Gasteiger partial charge in [0.05, 0.1) is 56.5 Å². The molecule has 11 nitrogen and oxygen atoms in total. The second kappa shape index (κ2) is 12.6. The van der Waals surface area contributed by atoms with E-state index in [-0.39, 0.29) is 18.0 Å². The van der Waals surface area contributed by atoms with E-state index in [4.69, 9.17) is 34.7 Å². The Balaban J connectivity index is 0.915. The average Bonchev–Trinajstić information content (AvgIpc) is 3.79. The van der Waals surface area contributed by atoms with Crippen LogP contribution in [-0.2, 0) is 0 Å². The van der Waals surface area contributed by atoms with Gasteiger partial charge in [0.25, 0.3) is 5.91 Å². The summed E-state index contributed by atoms with van der Waals surface area (Å²) in [4.78, 5) is 26.8. The minimum absolute atomic E-state index is 0.0430. The molecule has 8 rings (SSSR count). The normalized spacial score (nSPS) is 21.9. The molecular weight excluding hydrogens is 622 g/mol. The standard InChI is InChI=1S/C38H39N5O6/c1-46-33-14-29-31(40-18-27-12-24(22-4-5-22)20-42(27)37(29)44)16-35(33)48-10-3-11-49-36-17-32-30(15-34(36)47-2)38(45)43-21-25(13-28(43)19-41-32)23-6-8-26(39)9-7-23/h6-9,14-22,27-28,37,44H,3-5,10-13,39H2,1-2H3/t27-,28-,37?/m0/s1. The first-order valence-corrected chi connectivity index (χ1v) is 16.7. The maximum absolute atomic E-state index is 13.7. The van der Waals surface area contributed by atoms with E-state index in [0.29, 0.717) is 83.2 Å². The number of amides is 1. The van der Waals surface area contributed by atoms with Gasteiger partial charge in [-0.3, -0.25) is 14.8 Å². The number of hydrogen-bond acceptors (Lipinski definition) is 10. The molecule has 0 saturated heterocycles. The smallest absolute Gasteiger partial charge is 0.260 e. The van der Waals surface area contributed by atoms with Crippen molar-refractivity contribution in [2.45, 2.75) is 50.4 Å². The topological polar surface area (TPSA) is 131 Å². The predicted octanol–water partition coefficient (Wildman–Crippen LogP) is 6.18. The Morgan fingerprint density at radius 3 is 2.22 bits per heavy atom. The second-order valence-electron chi connectivity index (χ2n) is 13.0. The van der Waals surface area contributed by atoms with Crippen LogP contribution in [0.1, 0.15) is 59.8 Å². The summed E-state index contributed by atoms with van der Waals surface area (Å²) in [7, 11) is 3.14. The molecule has 3 aromatic carbocycles. The number of ether oxygens (including phenoxy) is 4. The first-order valence-electron chi connectivity index (χ1n) is 16.7. The maximum atomic E-state index is 13.7. The molecule has 3 aromatic rings. The Kier molecular flexibility index (Phi) is 7.99. The quantitative estimate of drug-likeness (QED) is 0.195. The van der Waals surface area contributed by atoms with Crippen LogP contribution in [0, 0.1) is 5.92 Å². The van der Waals surface area contributed by atoms with Gasteiger partial charge < -0.3 is 39.6 Å². The third-order valence-electron chi connectivity index (χ3n) is 9.80. The molecular formula is C38H39N5O6. The minimum Gasteiger partial charge on any atom is -0.493 e. The number of aliphatic imine (C=N–C) groups is 2. The minimum atomic E-state index is -0.814. The summed E-state index contributed by atoms with van der Waals surface area (Å²) >= 11 is 0. The zero-order valence-corrected chi connectivity index (χ0v) is 27.5. The molecule has 1 unspecified atom stereocenters. The number of methoxy groups -OCH3 is 2. The van der Waals surface area contributed by atoms with Gasteiger partial charge in [-0.25, -0.2) is 0 Å². The number of carbonyl (C=O) groups is 1. The number of hydrogen-bond donors (Lipinski definition) is 2. The van der Waals surface area contributed by atoms with Gasteiger partial charge in [-0.15, -0.1) is 0 Å². The Hall–Kier alpha value is -5.29. The summed E-state index contributed by atoms with van der Waals surface area (Å²) in [5.41, 5.74) is 12.4. The fourth-order valence-corrected chi connectivity index (χ4v) is 6.97. The lowest BCUT2D eigenvalue weighted by molar-refractivity contribution is 0.0336. The molecule has 0 spiro atoms. The molecule has 4 heterocycles. The van der Waals surface area contributed by atoms with Crippen molar-refractivity contribution in [3.63, 3.8) is 0 Å². The Morgan fingerprint density at radius 1 is 0.837 bits per heavy atom. The number of fused-ring (bicyclic) bond motifs is 4. The molecule has 11 heteroatoms. The number of nitrogens with zero attached hydrogens (tertiary/aromatic N) is 4. The van der Waals surface area contributed by atoms with Crippen molar-refractivity contribution in [3.8, 4) is 23.0 Å². The molecule has 0 radical (unpaired) electrons. The van der Waals surface area contributed by atoms with Crippen LogP contribution in [0.15, 0.2) is 76.5 Å². The van der Waals surface area contributed by atoms with Crippen LogP contribution in [-0.4, -0.2) is 72.8 Å². The summed E-state index contributed by atoms with van der Waals surface area (Å²) in [6.45, 7) is 0.693. The van der Waals surface area contributed by atoms with Crippen LogP contribution < -0.4 is 24.7 Å². The summed E-state index contributed by atoms with van der Waals surface area (Å²) in [5, 5.41) is 11.3. The van der Waals surface area contributed by atoms with E-state index < -0.39 is 6.23 Å². The average molecular weight is 662 g/mol. The lowest BCUT2D eigenvalue weighted by atomic mass is 10.0. The second-order valence-corrected chi connectivity index (χ2v) is 13.0. The number of aliphatic hydroxyl groups is 1. The van der Waals surface area contributed by atoms with Crippen LogP contribution in [0.4, 0.5) is 17.1 Å². The fraction of sp³-hybridized carbons (Fsp3) is 0.342. The first kappa shape index (κ1) is 31.0. The lowest BCUT2D eigenvalue weighted by Crippen LogP contribution is -2.32. The van der Waals surface area contributed by atoms with Gasteiger partial charge in [-0.1, -0.05) is 12.1 Å². The molecule has 252 valence electrons. The van der Waals surface area contributed by atoms with Gasteiger partial charge in [0.15, 0.2) is 29.2 Å². The molecule has 5 aliphatic rings. The van der Waals surface area contributed by atoms with E-state index in [1.807, 2.05) is 59.9 Å². The number of aliphatic hydroxyl groups excluding tert-OH is 1. The highest BCUT2D eigenvalue weighted by molar-refractivity contribution is 6.05. The van der Waals surface area contributed by atoms with Crippen molar-refractivity contribution < 1.29 is 28.8 Å². The van der Waals surface area contributed by atoms with Gasteiger partial charge in [0.1, 0.15) is 0 Å². The number of rotatable bonds is 10. The van der Waals surface area contributed by atoms with E-state index >= 15 is 0 Å². The molecule has 1 amide bonds. The van der Waals surface area contributed by atoms with Gasteiger partial charge >= 0.3 is 0 Å². The highest BCUT2D eigenvalue weighted by Gasteiger charge is 2.38. The number of carbonyl (C=O) groups excluding carboxylic acids is 1. The van der Waals surface area contributed by atoms with Crippen LogP contribution in [0.5, 0.6) is 23.0 Å². The van der Waals surface area contributed by atoms with Gasteiger partial charge in [0, 0.05) is 61.1 Å². The number of nitrogens with two attached hydrogens (primary N) is 1. The number of anilines is 1. The molecule has 1 saturated carbocycles. The van der Waals surface area contributed by atoms with Gasteiger partial charge in [-0.05, 0) is 66.2 Å². The zero-order valence-electron chi connectivity index (χ0n) is 27.5. The predicted molar refractivity (Wildman–Crippen MR) is 187 cm³/mol. The van der Waals surface area contributed by atoms with E-state index in [0.717, 1.165) is 17.6 Å². The third kappa shape index (κ3) is 5.88. The monoisotopic (exact) mass is 661 g/mol. The Morgan fingerprint density at radius 2 is 1.51 bits per heavy atom. The van der Waals surface area contributed by atoms with Crippen molar-refractivity contribution >= 4 is 41.0 Å². The summed E-state index contributed by atoms with van der Waals surface area (Å²) in [6, 6.07) is 14.6. The Labute approximate surface area is 284 Å². The lowest BCUT2D eigenvalue weighted by Gasteiger charge is -2.27. The van der Waals surface area contributed by atoms with Crippen LogP contribution in [0.2, 0.25) is 0 Å². The molecule has 3 atom stereocenters. The summed E-state index contributed by atoms with van der Waals surface area (Å²) in [6.07, 6.45) is 11.5. The zero-order chi connectivity index (χ0) is 33.6. The fourth-order valence-electron chi connectivity index (χ4n) is 6.97. The van der Waals surface area contributed by atoms with Crippen molar-refractivity contribution in [3.05, 3.63) is 83.2 Å². The molecule has 0 bridgehead atoms. The van der Waals surface area contributed by atoms with Crippen LogP contribution >= 0.6 is 0 Å². The number of nitrogen functional groups attached to an aromatic ring is 1. The highest BCUT2D eigenvalue weighted by Crippen LogP contribution is 2.47. The highest BCUT2D eigenvalue weighted by atomic mass is 16.5. The molecule has 0 aromatic heterocycles. The number of benzene rings is 3. The van der Waals surface area contributed by atoms with E-state index in [1.54, 1.807) is 31.3 Å². The van der Waals surface area contributed by atoms with E-state index in [1.165, 1.54) is 18.4 Å². The van der Waals surface area contributed by atoms with Crippen molar-refractivity contribution in [2.24, 2.45) is 15.9 Å². The largest absolute Gasteiger partial charge is 0.493 e. The third-order valence-corrected chi connectivity index (χ3v) is 9.80. The molecule has 1 aliphatic carbocycles. The van der Waals surface area contributed by atoms with Gasteiger partial charge in [0.2, 0.25) is 0 Å². The first-order chi connectivity index (χ1) is 23.9. The summed E-state index contributed by atoms with van der Waals surface area (Å²) in [5.74, 6) is 2.54. The molecule has 3 N–H and O–H groups in total. The van der Waals surface area contributed by atoms with Crippen molar-refractivity contribution in [1.82, 2.24) is 9.80 Å². The van der Waals surface area contributed by atoms with Gasteiger partial charge in [-0.2, -0.15) is 0 Å². The van der Waals surface area contributed by atoms with Crippen molar-refractivity contribution in [2.75, 3.05) is 33.2 Å². The maximum Gasteiger partial charge on any atom is 0.260 e. The molecule has 4 aliphatic heterocycles.